The molecule has 2 heterocycles. The normalized spacial score (nSPS) is 19.9. The standard InChI is InChI=1S/C22H32N4O3/c1-15(2)21-18(12-19-22(29)26(16(3)27)13-20(28)24-19)23-14-25(21)11-7-10-17-8-5-4-6-9-17/h12,14-15,17H,4-11,13H2,1-3H3,(H,24,28)/b19-12-. The largest absolute Gasteiger partial charge is 0.334 e. The Hall–Kier alpha value is -2.44. The highest BCUT2D eigenvalue weighted by Gasteiger charge is 2.31. The van der Waals surface area contributed by atoms with E-state index in [1.54, 1.807) is 6.08 Å². The predicted molar refractivity (Wildman–Crippen MR) is 111 cm³/mol. The molecule has 1 aliphatic carbocycles. The number of rotatable bonds is 6. The molecule has 0 spiro atoms. The summed E-state index contributed by atoms with van der Waals surface area (Å²) < 4.78 is 2.16. The molecular weight excluding hydrogens is 368 g/mol. The number of nitrogens with one attached hydrogen (secondary N) is 1. The van der Waals surface area contributed by atoms with Crippen LogP contribution in [0.15, 0.2) is 12.0 Å². The maximum Gasteiger partial charge on any atom is 0.277 e. The molecule has 1 N–H and O–H groups in total. The van der Waals surface area contributed by atoms with Crippen molar-refractivity contribution in [3.05, 3.63) is 23.4 Å². The van der Waals surface area contributed by atoms with Gasteiger partial charge < -0.3 is 9.88 Å². The van der Waals surface area contributed by atoms with Gasteiger partial charge >= 0.3 is 0 Å². The SMILES string of the molecule is CC(=O)N1CC(=O)N/C(=C\c2ncn(CCCC3CCCCC3)c2C(C)C)C1=O. The van der Waals surface area contributed by atoms with Crippen molar-refractivity contribution >= 4 is 23.8 Å². The lowest BCUT2D eigenvalue weighted by atomic mass is 9.86. The van der Waals surface area contributed by atoms with Crippen molar-refractivity contribution in [2.24, 2.45) is 5.92 Å². The average molecular weight is 401 g/mol. The number of aromatic nitrogens is 2. The van der Waals surface area contributed by atoms with Crippen molar-refractivity contribution in [3.8, 4) is 0 Å². The topological polar surface area (TPSA) is 84.3 Å². The summed E-state index contributed by atoms with van der Waals surface area (Å²) in [6.07, 6.45) is 12.6. The lowest BCUT2D eigenvalue weighted by Crippen LogP contribution is -2.51. The number of carbonyl (C=O) groups excluding carboxylic acids is 3. The second-order valence-electron chi connectivity index (χ2n) is 8.53. The summed E-state index contributed by atoms with van der Waals surface area (Å²) in [5.41, 5.74) is 1.82. The van der Waals surface area contributed by atoms with Gasteiger partial charge in [-0.15, -0.1) is 0 Å². The van der Waals surface area contributed by atoms with Crippen LogP contribution in [0.2, 0.25) is 0 Å². The van der Waals surface area contributed by atoms with Crippen molar-refractivity contribution in [1.82, 2.24) is 19.8 Å². The first kappa shape index (κ1) is 21.3. The Morgan fingerprint density at radius 1 is 1.28 bits per heavy atom. The average Bonchev–Trinajstić information content (AvgIpc) is 3.07. The maximum absolute atomic E-state index is 12.5. The number of piperazine rings is 1. The van der Waals surface area contributed by atoms with E-state index in [0.29, 0.717) is 5.69 Å². The zero-order valence-electron chi connectivity index (χ0n) is 17.7. The number of carbonyl (C=O) groups is 3. The Balaban J connectivity index is 1.75. The Morgan fingerprint density at radius 2 is 2.00 bits per heavy atom. The van der Waals surface area contributed by atoms with Gasteiger partial charge in [0.05, 0.1) is 12.0 Å². The van der Waals surface area contributed by atoms with Crippen LogP contribution in [-0.4, -0.2) is 38.7 Å². The summed E-state index contributed by atoms with van der Waals surface area (Å²) in [5, 5.41) is 2.59. The molecular formula is C22H32N4O3. The minimum absolute atomic E-state index is 0.103. The fourth-order valence-electron chi connectivity index (χ4n) is 4.44. The summed E-state index contributed by atoms with van der Waals surface area (Å²) in [6.45, 7) is 6.15. The fraction of sp³-hybridized carbons (Fsp3) is 0.636. The molecule has 1 aromatic heterocycles. The monoisotopic (exact) mass is 400 g/mol. The van der Waals surface area contributed by atoms with Crippen molar-refractivity contribution in [1.29, 1.82) is 0 Å². The van der Waals surface area contributed by atoms with Crippen LogP contribution < -0.4 is 5.32 Å². The fourth-order valence-corrected chi connectivity index (χ4v) is 4.44. The molecule has 1 saturated carbocycles. The molecule has 0 aromatic carbocycles. The Morgan fingerprint density at radius 3 is 2.66 bits per heavy atom. The Bertz CT molecular complexity index is 803. The lowest BCUT2D eigenvalue weighted by Gasteiger charge is -2.25. The number of hydrogen-bond acceptors (Lipinski definition) is 4. The molecule has 7 nitrogen and oxygen atoms in total. The number of imidazole rings is 1. The highest BCUT2D eigenvalue weighted by Crippen LogP contribution is 2.28. The van der Waals surface area contributed by atoms with Crippen LogP contribution in [0.4, 0.5) is 0 Å². The van der Waals surface area contributed by atoms with Crippen LogP contribution in [0.25, 0.3) is 6.08 Å². The predicted octanol–water partition coefficient (Wildman–Crippen LogP) is 3.21. The number of nitrogens with zero attached hydrogens (tertiary/aromatic N) is 3. The third kappa shape index (κ3) is 5.14. The van der Waals surface area contributed by atoms with E-state index in [0.717, 1.165) is 29.5 Å². The quantitative estimate of drug-likeness (QED) is 0.743. The second kappa shape index (κ2) is 9.37. The molecule has 1 aliphatic heterocycles. The van der Waals surface area contributed by atoms with Crippen LogP contribution in [0, 0.1) is 5.92 Å². The van der Waals surface area contributed by atoms with E-state index in [-0.39, 0.29) is 24.1 Å². The highest BCUT2D eigenvalue weighted by atomic mass is 16.2. The Labute approximate surface area is 172 Å². The molecule has 1 saturated heterocycles. The van der Waals surface area contributed by atoms with Gasteiger partial charge in [-0.1, -0.05) is 46.0 Å². The first-order valence-corrected chi connectivity index (χ1v) is 10.8. The zero-order valence-corrected chi connectivity index (χ0v) is 17.7. The van der Waals surface area contributed by atoms with Gasteiger partial charge in [0.15, 0.2) is 0 Å². The summed E-state index contributed by atoms with van der Waals surface area (Å²) in [6, 6.07) is 0. The minimum Gasteiger partial charge on any atom is -0.334 e. The van der Waals surface area contributed by atoms with E-state index in [1.165, 1.54) is 45.4 Å². The molecule has 0 atom stereocenters. The van der Waals surface area contributed by atoms with E-state index in [9.17, 15) is 14.4 Å². The summed E-state index contributed by atoms with van der Waals surface area (Å²) in [7, 11) is 0. The van der Waals surface area contributed by atoms with E-state index < -0.39 is 11.8 Å². The Kier molecular flexibility index (Phi) is 6.87. The molecule has 0 unspecified atom stereocenters. The van der Waals surface area contributed by atoms with Gasteiger partial charge in [0.2, 0.25) is 11.8 Å². The zero-order chi connectivity index (χ0) is 21.0. The maximum atomic E-state index is 12.5. The third-order valence-corrected chi connectivity index (χ3v) is 5.90. The van der Waals surface area contributed by atoms with Gasteiger partial charge in [-0.05, 0) is 30.8 Å². The molecule has 2 aliphatic rings. The van der Waals surface area contributed by atoms with E-state index in [2.05, 4.69) is 28.7 Å². The number of imide groups is 1. The van der Waals surface area contributed by atoms with Gasteiger partial charge in [0.25, 0.3) is 5.91 Å². The van der Waals surface area contributed by atoms with Crippen LogP contribution in [0.5, 0.6) is 0 Å². The minimum atomic E-state index is -0.487. The van der Waals surface area contributed by atoms with Crippen LogP contribution in [0.3, 0.4) is 0 Å². The van der Waals surface area contributed by atoms with E-state index in [1.807, 2.05) is 6.33 Å². The first-order chi connectivity index (χ1) is 13.9. The molecule has 0 bridgehead atoms. The molecule has 2 fully saturated rings. The summed E-state index contributed by atoms with van der Waals surface area (Å²) in [5.74, 6) is -0.225. The molecule has 3 rings (SSSR count). The second-order valence-corrected chi connectivity index (χ2v) is 8.53. The molecule has 0 radical (unpaired) electrons. The number of aryl methyl sites for hydroxylation is 1. The van der Waals surface area contributed by atoms with Crippen molar-refractivity contribution in [2.45, 2.75) is 78.2 Å². The van der Waals surface area contributed by atoms with Crippen LogP contribution in [0.1, 0.15) is 83.0 Å². The molecule has 3 amide bonds. The molecule has 158 valence electrons. The van der Waals surface area contributed by atoms with Crippen molar-refractivity contribution in [2.75, 3.05) is 6.54 Å². The van der Waals surface area contributed by atoms with E-state index >= 15 is 0 Å². The summed E-state index contributed by atoms with van der Waals surface area (Å²) >= 11 is 0. The first-order valence-electron chi connectivity index (χ1n) is 10.8. The third-order valence-electron chi connectivity index (χ3n) is 5.90. The molecule has 29 heavy (non-hydrogen) atoms. The van der Waals surface area contributed by atoms with Gasteiger partial charge in [-0.2, -0.15) is 0 Å². The smallest absolute Gasteiger partial charge is 0.277 e. The van der Waals surface area contributed by atoms with E-state index in [4.69, 9.17) is 0 Å². The number of hydrogen-bond donors (Lipinski definition) is 1. The lowest BCUT2D eigenvalue weighted by molar-refractivity contribution is -0.147. The number of amides is 3. The van der Waals surface area contributed by atoms with Crippen LogP contribution >= 0.6 is 0 Å². The van der Waals surface area contributed by atoms with Crippen LogP contribution in [-0.2, 0) is 20.9 Å². The molecule has 7 heteroatoms. The van der Waals surface area contributed by atoms with Gasteiger partial charge in [-0.25, -0.2) is 4.98 Å². The van der Waals surface area contributed by atoms with Gasteiger partial charge in [-0.3, -0.25) is 19.3 Å². The van der Waals surface area contributed by atoms with Gasteiger partial charge in [0, 0.05) is 19.2 Å². The van der Waals surface area contributed by atoms with Crippen molar-refractivity contribution < 1.29 is 14.4 Å². The highest BCUT2D eigenvalue weighted by molar-refractivity contribution is 6.12. The van der Waals surface area contributed by atoms with Crippen molar-refractivity contribution in [3.63, 3.8) is 0 Å². The van der Waals surface area contributed by atoms with Gasteiger partial charge in [0.1, 0.15) is 12.2 Å². The molecule has 1 aromatic rings. The summed E-state index contributed by atoms with van der Waals surface area (Å²) in [4.78, 5) is 41.6.